The van der Waals surface area contributed by atoms with E-state index in [1.54, 1.807) is 0 Å². The van der Waals surface area contributed by atoms with Crippen LogP contribution in [0.3, 0.4) is 0 Å². The molecule has 3 saturated heterocycles. The lowest BCUT2D eigenvalue weighted by molar-refractivity contribution is -0.133. The van der Waals surface area contributed by atoms with Crippen molar-refractivity contribution in [3.63, 3.8) is 0 Å². The molecule has 3 aliphatic rings. The predicted octanol–water partition coefficient (Wildman–Crippen LogP) is 1.92. The zero-order valence-electron chi connectivity index (χ0n) is 18.8. The Morgan fingerprint density at radius 1 is 1.03 bits per heavy atom. The average Bonchev–Trinajstić information content (AvgIpc) is 3.29. The number of hydrogen-bond acceptors (Lipinski definition) is 7. The maximum absolute atomic E-state index is 12.8. The predicted molar refractivity (Wildman–Crippen MR) is 120 cm³/mol. The molecule has 0 saturated carbocycles. The van der Waals surface area contributed by atoms with Gasteiger partial charge in [-0.05, 0) is 57.5 Å². The van der Waals surface area contributed by atoms with Gasteiger partial charge in [0.2, 0.25) is 11.9 Å². The molecular weight excluding hydrogens is 414 g/mol. The number of nitrogens with zero attached hydrogens (tertiary/aromatic N) is 5. The molecule has 0 aliphatic carbocycles. The number of carbonyl (C=O) groups excluding carboxylic acids is 1. The SMILES string of the molecule is CC1CCN(CC(=O)N2CCC(c3nc(N4CCCC4)ncc3S(C)(=O)=O)CC2)CC1. The van der Waals surface area contributed by atoms with Crippen molar-refractivity contribution in [3.8, 4) is 0 Å². The first-order valence-electron chi connectivity index (χ1n) is 11.6. The van der Waals surface area contributed by atoms with Gasteiger partial charge >= 0.3 is 0 Å². The third-order valence-electron chi connectivity index (χ3n) is 7.03. The topological polar surface area (TPSA) is 86.7 Å². The van der Waals surface area contributed by atoms with E-state index < -0.39 is 9.84 Å². The maximum atomic E-state index is 12.8. The van der Waals surface area contributed by atoms with E-state index in [1.807, 2.05) is 4.90 Å². The lowest BCUT2D eigenvalue weighted by atomic mass is 9.93. The molecule has 0 atom stereocenters. The van der Waals surface area contributed by atoms with E-state index in [0.717, 1.165) is 70.6 Å². The van der Waals surface area contributed by atoms with Crippen molar-refractivity contribution in [2.45, 2.75) is 56.3 Å². The Morgan fingerprint density at radius 3 is 2.29 bits per heavy atom. The summed E-state index contributed by atoms with van der Waals surface area (Å²) in [5.74, 6) is 1.62. The Hall–Kier alpha value is -1.74. The van der Waals surface area contributed by atoms with E-state index in [9.17, 15) is 13.2 Å². The third kappa shape index (κ3) is 5.37. The molecule has 1 amide bonds. The summed E-state index contributed by atoms with van der Waals surface area (Å²) in [4.78, 5) is 28.5. The molecule has 0 aromatic carbocycles. The molecular formula is C22H35N5O3S. The number of sulfone groups is 1. The molecule has 31 heavy (non-hydrogen) atoms. The number of rotatable bonds is 5. The van der Waals surface area contributed by atoms with Gasteiger partial charge in [-0.3, -0.25) is 9.69 Å². The van der Waals surface area contributed by atoms with E-state index >= 15 is 0 Å². The molecule has 0 radical (unpaired) electrons. The Kier molecular flexibility index (Phi) is 6.81. The highest BCUT2D eigenvalue weighted by atomic mass is 32.2. The van der Waals surface area contributed by atoms with Crippen molar-refractivity contribution in [1.82, 2.24) is 19.8 Å². The summed E-state index contributed by atoms with van der Waals surface area (Å²) in [6, 6.07) is 0. The Labute approximate surface area is 185 Å². The zero-order valence-corrected chi connectivity index (χ0v) is 19.6. The van der Waals surface area contributed by atoms with Crippen molar-refractivity contribution < 1.29 is 13.2 Å². The first-order chi connectivity index (χ1) is 14.8. The van der Waals surface area contributed by atoms with Crippen LogP contribution in [0.2, 0.25) is 0 Å². The van der Waals surface area contributed by atoms with Crippen molar-refractivity contribution in [3.05, 3.63) is 11.9 Å². The molecule has 0 bridgehead atoms. The number of hydrogen-bond donors (Lipinski definition) is 0. The second-order valence-electron chi connectivity index (χ2n) is 9.50. The molecule has 4 heterocycles. The quantitative estimate of drug-likeness (QED) is 0.679. The van der Waals surface area contributed by atoms with E-state index in [1.165, 1.54) is 12.5 Å². The van der Waals surface area contributed by atoms with Crippen LogP contribution in [0, 0.1) is 5.92 Å². The van der Waals surface area contributed by atoms with Crippen molar-refractivity contribution in [1.29, 1.82) is 0 Å². The zero-order chi connectivity index (χ0) is 22.0. The van der Waals surface area contributed by atoms with E-state index in [0.29, 0.717) is 31.3 Å². The van der Waals surface area contributed by atoms with E-state index in [4.69, 9.17) is 4.98 Å². The fourth-order valence-electron chi connectivity index (χ4n) is 4.94. The smallest absolute Gasteiger partial charge is 0.236 e. The summed E-state index contributed by atoms with van der Waals surface area (Å²) in [6.45, 7) is 7.91. The van der Waals surface area contributed by atoms with Crippen LogP contribution < -0.4 is 4.90 Å². The number of carbonyl (C=O) groups is 1. The molecule has 172 valence electrons. The highest BCUT2D eigenvalue weighted by Gasteiger charge is 2.31. The lowest BCUT2D eigenvalue weighted by Gasteiger charge is -2.35. The Balaban J connectivity index is 1.42. The first kappa shape index (κ1) is 22.5. The fourth-order valence-corrected chi connectivity index (χ4v) is 5.77. The molecule has 4 rings (SSSR count). The van der Waals surface area contributed by atoms with E-state index in [2.05, 4.69) is 21.7 Å². The molecule has 8 nitrogen and oxygen atoms in total. The molecule has 1 aromatic rings. The van der Waals surface area contributed by atoms with Crippen LogP contribution in [-0.4, -0.2) is 86.2 Å². The summed E-state index contributed by atoms with van der Waals surface area (Å²) in [6.07, 6.45) is 8.74. The maximum Gasteiger partial charge on any atom is 0.236 e. The van der Waals surface area contributed by atoms with Gasteiger partial charge in [0.25, 0.3) is 0 Å². The average molecular weight is 450 g/mol. The molecule has 0 N–H and O–H groups in total. The summed E-state index contributed by atoms with van der Waals surface area (Å²) < 4.78 is 24.8. The molecule has 9 heteroatoms. The number of piperidine rings is 2. The van der Waals surface area contributed by atoms with E-state index in [-0.39, 0.29) is 16.7 Å². The van der Waals surface area contributed by atoms with Gasteiger partial charge in [0.05, 0.1) is 18.4 Å². The monoisotopic (exact) mass is 449 g/mol. The van der Waals surface area contributed by atoms with Crippen molar-refractivity contribution in [2.75, 3.05) is 57.0 Å². The van der Waals surface area contributed by atoms with Crippen LogP contribution in [0.25, 0.3) is 0 Å². The number of likely N-dealkylation sites (tertiary alicyclic amines) is 2. The van der Waals surface area contributed by atoms with Gasteiger partial charge in [0.1, 0.15) is 4.90 Å². The third-order valence-corrected chi connectivity index (χ3v) is 8.14. The van der Waals surface area contributed by atoms with Crippen LogP contribution in [-0.2, 0) is 14.6 Å². The van der Waals surface area contributed by atoms with Gasteiger partial charge < -0.3 is 9.80 Å². The molecule has 0 spiro atoms. The highest BCUT2D eigenvalue weighted by Crippen LogP contribution is 2.32. The number of amides is 1. The second-order valence-corrected chi connectivity index (χ2v) is 11.5. The van der Waals surface area contributed by atoms with Gasteiger partial charge in [0.15, 0.2) is 9.84 Å². The minimum atomic E-state index is -3.41. The highest BCUT2D eigenvalue weighted by molar-refractivity contribution is 7.90. The van der Waals surface area contributed by atoms with Crippen LogP contribution in [0.15, 0.2) is 11.1 Å². The number of anilines is 1. The summed E-state index contributed by atoms with van der Waals surface area (Å²) in [7, 11) is -3.41. The number of aromatic nitrogens is 2. The van der Waals surface area contributed by atoms with Gasteiger partial charge in [-0.1, -0.05) is 6.92 Å². The standard InChI is InChI=1S/C22H35N5O3S/c1-17-5-11-25(12-6-17)16-20(28)26-13-7-18(8-14-26)21-19(31(2,29)30)15-23-22(24-21)27-9-3-4-10-27/h15,17-18H,3-14,16H2,1-2H3. The van der Waals surface area contributed by atoms with Crippen LogP contribution >= 0.6 is 0 Å². The molecule has 0 unspecified atom stereocenters. The van der Waals surface area contributed by atoms with Crippen LogP contribution in [0.4, 0.5) is 5.95 Å². The molecule has 1 aromatic heterocycles. The Morgan fingerprint density at radius 2 is 1.68 bits per heavy atom. The second kappa shape index (κ2) is 9.40. The summed E-state index contributed by atoms with van der Waals surface area (Å²) >= 11 is 0. The van der Waals surface area contributed by atoms with Crippen LogP contribution in [0.5, 0.6) is 0 Å². The minimum Gasteiger partial charge on any atom is -0.342 e. The Bertz CT molecular complexity index is 884. The first-order valence-corrected chi connectivity index (χ1v) is 13.5. The molecule has 3 aliphatic heterocycles. The van der Waals surface area contributed by atoms with Gasteiger partial charge in [-0.15, -0.1) is 0 Å². The van der Waals surface area contributed by atoms with Crippen LogP contribution in [0.1, 0.15) is 57.1 Å². The van der Waals surface area contributed by atoms with Gasteiger partial charge in [-0.2, -0.15) is 0 Å². The van der Waals surface area contributed by atoms with Gasteiger partial charge in [0, 0.05) is 38.4 Å². The minimum absolute atomic E-state index is 0.0361. The van der Waals surface area contributed by atoms with Gasteiger partial charge in [-0.25, -0.2) is 18.4 Å². The fraction of sp³-hybridized carbons (Fsp3) is 0.773. The summed E-state index contributed by atoms with van der Waals surface area (Å²) in [5, 5.41) is 0. The lowest BCUT2D eigenvalue weighted by Crippen LogP contribution is -2.45. The van der Waals surface area contributed by atoms with Crippen molar-refractivity contribution >= 4 is 21.7 Å². The molecule has 3 fully saturated rings. The normalized spacial score (nSPS) is 22.3. The van der Waals surface area contributed by atoms with Crippen molar-refractivity contribution in [2.24, 2.45) is 5.92 Å². The summed E-state index contributed by atoms with van der Waals surface area (Å²) in [5.41, 5.74) is 0.636. The largest absolute Gasteiger partial charge is 0.342 e.